The van der Waals surface area contributed by atoms with E-state index >= 15 is 0 Å². The van der Waals surface area contributed by atoms with Gasteiger partial charge in [0, 0.05) is 17.5 Å². The van der Waals surface area contributed by atoms with Crippen LogP contribution in [0.4, 0.5) is 5.69 Å². The van der Waals surface area contributed by atoms with Crippen molar-refractivity contribution in [1.29, 1.82) is 0 Å². The number of rotatable bonds is 6. The molecule has 0 aliphatic heterocycles. The molecule has 140 valence electrons. The summed E-state index contributed by atoms with van der Waals surface area (Å²) in [6, 6.07) is 13.3. The van der Waals surface area contributed by atoms with Gasteiger partial charge in [0.1, 0.15) is 16.5 Å². The maximum absolute atomic E-state index is 5.48. The normalized spacial score (nSPS) is 13.1. The number of ether oxygens (including phenoxy) is 1. The predicted molar refractivity (Wildman–Crippen MR) is 114 cm³/mol. The highest BCUT2D eigenvalue weighted by Gasteiger charge is 2.11. The van der Waals surface area contributed by atoms with Gasteiger partial charge in [0.15, 0.2) is 5.84 Å². The predicted octanol–water partition coefficient (Wildman–Crippen LogP) is 4.21. The largest absolute Gasteiger partial charge is 0.494 e. The van der Waals surface area contributed by atoms with E-state index in [0.717, 1.165) is 28.6 Å². The van der Waals surface area contributed by atoms with Gasteiger partial charge in [-0.05, 0) is 49.4 Å². The summed E-state index contributed by atoms with van der Waals surface area (Å²) in [6.45, 7) is 2.59. The van der Waals surface area contributed by atoms with Crippen LogP contribution in [0.3, 0.4) is 0 Å². The highest BCUT2D eigenvalue weighted by Crippen LogP contribution is 2.24. The zero-order valence-corrected chi connectivity index (χ0v) is 16.2. The second-order valence-corrected chi connectivity index (χ2v) is 7.05. The van der Waals surface area contributed by atoms with E-state index in [1.54, 1.807) is 23.7 Å². The molecule has 28 heavy (non-hydrogen) atoms. The Labute approximate surface area is 167 Å². The highest BCUT2D eigenvalue weighted by molar-refractivity contribution is 7.13. The maximum atomic E-state index is 5.48. The summed E-state index contributed by atoms with van der Waals surface area (Å²) in [5, 5.41) is 5.19. The Bertz CT molecular complexity index is 1020. The molecule has 0 saturated heterocycles. The zero-order valence-electron chi connectivity index (χ0n) is 15.4. The van der Waals surface area contributed by atoms with Crippen LogP contribution in [-0.4, -0.2) is 28.6 Å². The Morgan fingerprint density at radius 3 is 2.89 bits per heavy atom. The van der Waals surface area contributed by atoms with Gasteiger partial charge in [-0.3, -0.25) is 10.4 Å². The van der Waals surface area contributed by atoms with E-state index in [4.69, 9.17) is 4.74 Å². The number of hydrogen-bond acceptors (Lipinski definition) is 6. The van der Waals surface area contributed by atoms with E-state index in [1.165, 1.54) is 4.88 Å². The molecular weight excluding hydrogens is 370 g/mol. The van der Waals surface area contributed by atoms with Crippen LogP contribution in [0.1, 0.15) is 28.2 Å². The fraction of sp³-hybridized carbons (Fsp3) is 0.143. The van der Waals surface area contributed by atoms with Gasteiger partial charge in [-0.2, -0.15) is 5.10 Å². The number of nitrogens with one attached hydrogen (secondary N) is 1. The zero-order chi connectivity index (χ0) is 19.2. The molecule has 1 aromatic carbocycles. The van der Waals surface area contributed by atoms with Gasteiger partial charge < -0.3 is 4.74 Å². The molecule has 1 aliphatic carbocycles. The minimum absolute atomic E-state index is 0.560. The molecule has 0 bridgehead atoms. The number of fused-ring (bicyclic) bond motifs is 1. The van der Waals surface area contributed by atoms with Crippen LogP contribution in [0.5, 0.6) is 5.75 Å². The van der Waals surface area contributed by atoms with Crippen molar-refractivity contribution in [2.45, 2.75) is 13.3 Å². The lowest BCUT2D eigenvalue weighted by atomic mass is 10.3. The van der Waals surface area contributed by atoms with Crippen LogP contribution in [0.25, 0.3) is 6.08 Å². The maximum Gasteiger partial charge on any atom is 0.172 e. The number of benzene rings is 1. The number of allylic oxidation sites excluding steroid dienone is 1. The quantitative estimate of drug-likeness (QED) is 0.389. The van der Waals surface area contributed by atoms with Gasteiger partial charge in [0.2, 0.25) is 0 Å². The molecule has 0 radical (unpaired) electrons. The number of aromatic nitrogens is 2. The SMILES string of the molecule is CCOc1ccc(N=C(N/N=C\c2nc3c(s2)CC=C3)c2ccccn2)cc1. The third-order valence-corrected chi connectivity index (χ3v) is 4.99. The lowest BCUT2D eigenvalue weighted by Crippen LogP contribution is -2.20. The van der Waals surface area contributed by atoms with E-state index in [1.807, 2.05) is 55.5 Å². The summed E-state index contributed by atoms with van der Waals surface area (Å²) in [6.07, 6.45) is 8.56. The fourth-order valence-electron chi connectivity index (χ4n) is 2.70. The second kappa shape index (κ2) is 8.58. The molecule has 1 aliphatic rings. The molecule has 6 nitrogen and oxygen atoms in total. The number of hydrazone groups is 1. The fourth-order valence-corrected chi connectivity index (χ4v) is 3.60. The monoisotopic (exact) mass is 389 g/mol. The molecule has 0 fully saturated rings. The number of pyridine rings is 1. The van der Waals surface area contributed by atoms with Crippen LogP contribution in [-0.2, 0) is 6.42 Å². The average Bonchev–Trinajstić information content (AvgIpc) is 3.31. The molecule has 2 heterocycles. The summed E-state index contributed by atoms with van der Waals surface area (Å²) in [5.74, 6) is 1.38. The Kier molecular flexibility index (Phi) is 5.53. The number of thiazole rings is 1. The van der Waals surface area contributed by atoms with Crippen LogP contribution >= 0.6 is 11.3 Å². The number of nitrogens with zero attached hydrogens (tertiary/aromatic N) is 4. The molecule has 0 saturated carbocycles. The highest BCUT2D eigenvalue weighted by atomic mass is 32.1. The standard InChI is InChI=1S/C21H19N5OS/c1-2-27-16-11-9-15(10-12-16)24-21(18-6-3-4-13-22-18)26-23-14-20-25-17-7-5-8-19(17)28-20/h3-7,9-14H,2,8H2,1H3,(H,24,26)/b23-14-. The summed E-state index contributed by atoms with van der Waals surface area (Å²) in [5.41, 5.74) is 5.54. The molecule has 4 rings (SSSR count). The number of amidine groups is 1. The second-order valence-electron chi connectivity index (χ2n) is 5.94. The van der Waals surface area contributed by atoms with Gasteiger partial charge >= 0.3 is 0 Å². The molecule has 2 aromatic heterocycles. The van der Waals surface area contributed by atoms with Crippen LogP contribution < -0.4 is 10.2 Å². The van der Waals surface area contributed by atoms with E-state index in [2.05, 4.69) is 31.6 Å². The first kappa shape index (κ1) is 18.1. The Hall–Kier alpha value is -3.32. The van der Waals surface area contributed by atoms with E-state index < -0.39 is 0 Å². The van der Waals surface area contributed by atoms with Gasteiger partial charge in [0.05, 0.1) is 24.2 Å². The van der Waals surface area contributed by atoms with Gasteiger partial charge in [-0.25, -0.2) is 9.98 Å². The van der Waals surface area contributed by atoms with Crippen molar-refractivity contribution in [2.75, 3.05) is 6.61 Å². The van der Waals surface area contributed by atoms with Crippen molar-refractivity contribution in [2.24, 2.45) is 10.1 Å². The van der Waals surface area contributed by atoms with E-state index in [-0.39, 0.29) is 0 Å². The number of aliphatic imine (C=N–C) groups is 1. The first-order valence-corrected chi connectivity index (χ1v) is 9.82. The Morgan fingerprint density at radius 2 is 2.14 bits per heavy atom. The van der Waals surface area contributed by atoms with E-state index in [9.17, 15) is 0 Å². The topological polar surface area (TPSA) is 71.8 Å². The molecule has 7 heteroatoms. The summed E-state index contributed by atoms with van der Waals surface area (Å²) >= 11 is 1.65. The minimum atomic E-state index is 0.560. The van der Waals surface area contributed by atoms with Gasteiger partial charge in [-0.15, -0.1) is 11.3 Å². The Balaban J connectivity index is 1.54. The number of hydrogen-bond donors (Lipinski definition) is 1. The first-order valence-electron chi connectivity index (χ1n) is 9.00. The van der Waals surface area contributed by atoms with Crippen molar-refractivity contribution < 1.29 is 4.74 Å². The molecule has 0 amide bonds. The van der Waals surface area contributed by atoms with Crippen LogP contribution in [0.15, 0.2) is 64.8 Å². The molecule has 0 spiro atoms. The molecule has 0 atom stereocenters. The van der Waals surface area contributed by atoms with Crippen molar-refractivity contribution in [3.63, 3.8) is 0 Å². The summed E-state index contributed by atoms with van der Waals surface area (Å²) in [4.78, 5) is 14.8. The van der Waals surface area contributed by atoms with Gasteiger partial charge in [-0.1, -0.05) is 12.1 Å². The van der Waals surface area contributed by atoms with Crippen molar-refractivity contribution in [1.82, 2.24) is 15.4 Å². The van der Waals surface area contributed by atoms with Crippen LogP contribution in [0, 0.1) is 0 Å². The lowest BCUT2D eigenvalue weighted by Gasteiger charge is -2.06. The smallest absolute Gasteiger partial charge is 0.172 e. The molecule has 0 unspecified atom stereocenters. The summed E-state index contributed by atoms with van der Waals surface area (Å²) < 4.78 is 5.48. The summed E-state index contributed by atoms with van der Waals surface area (Å²) in [7, 11) is 0. The third-order valence-electron chi connectivity index (χ3n) is 3.96. The van der Waals surface area contributed by atoms with E-state index in [0.29, 0.717) is 18.1 Å². The molecular formula is C21H19N5OS. The van der Waals surface area contributed by atoms with Crippen molar-refractivity contribution >= 4 is 35.2 Å². The molecule has 3 aromatic rings. The first-order chi connectivity index (χ1) is 13.8. The van der Waals surface area contributed by atoms with Gasteiger partial charge in [0.25, 0.3) is 0 Å². The Morgan fingerprint density at radius 1 is 1.25 bits per heavy atom. The lowest BCUT2D eigenvalue weighted by molar-refractivity contribution is 0.340. The average molecular weight is 389 g/mol. The third kappa shape index (κ3) is 4.32. The van der Waals surface area contributed by atoms with Crippen molar-refractivity contribution in [3.05, 3.63) is 76.0 Å². The molecule has 1 N–H and O–H groups in total. The van der Waals surface area contributed by atoms with Crippen LogP contribution in [0.2, 0.25) is 0 Å². The minimum Gasteiger partial charge on any atom is -0.494 e. The van der Waals surface area contributed by atoms with Crippen molar-refractivity contribution in [3.8, 4) is 5.75 Å².